The summed E-state index contributed by atoms with van der Waals surface area (Å²) >= 11 is 1.48. The van der Waals surface area contributed by atoms with E-state index in [-0.39, 0.29) is 5.91 Å². The number of anilines is 2. The molecule has 1 aliphatic rings. The van der Waals surface area contributed by atoms with Gasteiger partial charge in [0.15, 0.2) is 5.13 Å². The first-order chi connectivity index (χ1) is 13.0. The van der Waals surface area contributed by atoms with Crippen LogP contribution in [0, 0.1) is 0 Å². The number of amides is 2. The van der Waals surface area contributed by atoms with Crippen molar-refractivity contribution in [2.45, 2.75) is 53.1 Å². The van der Waals surface area contributed by atoms with Gasteiger partial charge in [-0.25, -0.2) is 15.0 Å². The highest BCUT2D eigenvalue weighted by atomic mass is 32.1. The summed E-state index contributed by atoms with van der Waals surface area (Å²) < 4.78 is 0. The van der Waals surface area contributed by atoms with E-state index < -0.39 is 0 Å². The van der Waals surface area contributed by atoms with Crippen molar-refractivity contribution in [1.29, 1.82) is 0 Å². The molecule has 2 amide bonds. The number of rotatable bonds is 5. The molecule has 146 valence electrons. The highest BCUT2D eigenvalue weighted by Gasteiger charge is 2.23. The van der Waals surface area contributed by atoms with E-state index in [2.05, 4.69) is 37.4 Å². The van der Waals surface area contributed by atoms with Gasteiger partial charge in [-0.3, -0.25) is 19.8 Å². The topological polar surface area (TPSA) is 100 Å². The SMILES string of the molecule is CC.CC(=O)Nc1ncc2c(n1)CCN(Cc1cnc(NC=O)s1)[C@@H](C)C2. The normalized spacial score (nSPS) is 16.4. The average molecular weight is 391 g/mol. The Kier molecular flexibility index (Phi) is 7.81. The Bertz CT molecular complexity index is 779. The zero-order valence-corrected chi connectivity index (χ0v) is 17.0. The molecule has 2 N–H and O–H groups in total. The zero-order valence-electron chi connectivity index (χ0n) is 16.2. The van der Waals surface area contributed by atoms with Crippen LogP contribution in [0.2, 0.25) is 0 Å². The second kappa shape index (κ2) is 10.1. The third-order valence-electron chi connectivity index (χ3n) is 4.11. The molecule has 0 aliphatic carbocycles. The first-order valence-corrected chi connectivity index (χ1v) is 9.88. The Morgan fingerprint density at radius 1 is 1.37 bits per heavy atom. The summed E-state index contributed by atoms with van der Waals surface area (Å²) in [6, 6.07) is 0.334. The van der Waals surface area contributed by atoms with E-state index in [1.807, 2.05) is 20.0 Å². The van der Waals surface area contributed by atoms with Gasteiger partial charge in [-0.05, 0) is 18.9 Å². The van der Waals surface area contributed by atoms with Crippen LogP contribution in [0.5, 0.6) is 0 Å². The van der Waals surface area contributed by atoms with E-state index in [0.29, 0.717) is 23.5 Å². The number of hydrogen-bond acceptors (Lipinski definition) is 7. The van der Waals surface area contributed by atoms with Gasteiger partial charge >= 0.3 is 0 Å². The van der Waals surface area contributed by atoms with Gasteiger partial charge < -0.3 is 5.32 Å². The van der Waals surface area contributed by atoms with E-state index in [1.165, 1.54) is 18.3 Å². The number of fused-ring (bicyclic) bond motifs is 1. The van der Waals surface area contributed by atoms with Crippen LogP contribution < -0.4 is 10.6 Å². The summed E-state index contributed by atoms with van der Waals surface area (Å²) in [5.41, 5.74) is 2.11. The Morgan fingerprint density at radius 2 is 2.15 bits per heavy atom. The van der Waals surface area contributed by atoms with Crippen molar-refractivity contribution < 1.29 is 9.59 Å². The summed E-state index contributed by atoms with van der Waals surface area (Å²) in [5, 5.41) is 5.83. The Balaban J connectivity index is 0.00000126. The molecule has 0 saturated heterocycles. The van der Waals surface area contributed by atoms with Crippen LogP contribution in [0.25, 0.3) is 0 Å². The zero-order chi connectivity index (χ0) is 19.8. The number of thiazole rings is 1. The molecule has 3 heterocycles. The van der Waals surface area contributed by atoms with Crippen LogP contribution in [0.4, 0.5) is 11.1 Å². The number of carbonyl (C=O) groups excluding carboxylic acids is 2. The van der Waals surface area contributed by atoms with Crippen molar-refractivity contribution in [2.24, 2.45) is 0 Å². The van der Waals surface area contributed by atoms with Crippen molar-refractivity contribution in [2.75, 3.05) is 17.2 Å². The predicted octanol–water partition coefficient (Wildman–Crippen LogP) is 2.48. The average Bonchev–Trinajstić information content (AvgIpc) is 3.02. The van der Waals surface area contributed by atoms with E-state index in [1.54, 1.807) is 6.20 Å². The Morgan fingerprint density at radius 3 is 2.85 bits per heavy atom. The van der Waals surface area contributed by atoms with Crippen LogP contribution in [-0.4, -0.2) is 44.8 Å². The third-order valence-corrected chi connectivity index (χ3v) is 5.02. The fourth-order valence-electron chi connectivity index (χ4n) is 2.90. The smallest absolute Gasteiger partial charge is 0.229 e. The fraction of sp³-hybridized carbons (Fsp3) is 0.500. The molecule has 0 spiro atoms. The minimum atomic E-state index is -0.173. The van der Waals surface area contributed by atoms with Gasteiger partial charge in [-0.1, -0.05) is 13.8 Å². The molecule has 0 bridgehead atoms. The van der Waals surface area contributed by atoms with Crippen LogP contribution in [0.1, 0.15) is 43.8 Å². The van der Waals surface area contributed by atoms with E-state index in [0.717, 1.165) is 42.1 Å². The van der Waals surface area contributed by atoms with Crippen molar-refractivity contribution in [3.8, 4) is 0 Å². The van der Waals surface area contributed by atoms with Crippen molar-refractivity contribution in [3.63, 3.8) is 0 Å². The molecule has 27 heavy (non-hydrogen) atoms. The van der Waals surface area contributed by atoms with Gasteiger partial charge in [0.25, 0.3) is 0 Å². The van der Waals surface area contributed by atoms with Crippen LogP contribution in [0.3, 0.4) is 0 Å². The minimum Gasteiger partial charge on any atom is -0.305 e. The van der Waals surface area contributed by atoms with Crippen molar-refractivity contribution in [1.82, 2.24) is 19.9 Å². The second-order valence-corrected chi connectivity index (χ2v) is 7.13. The molecule has 1 aliphatic heterocycles. The number of nitrogens with one attached hydrogen (secondary N) is 2. The Labute approximate surface area is 163 Å². The molecule has 0 fully saturated rings. The van der Waals surface area contributed by atoms with Gasteiger partial charge in [0, 0.05) is 49.7 Å². The van der Waals surface area contributed by atoms with Crippen LogP contribution >= 0.6 is 11.3 Å². The van der Waals surface area contributed by atoms with Gasteiger partial charge in [0.1, 0.15) is 0 Å². The summed E-state index contributed by atoms with van der Waals surface area (Å²) in [4.78, 5) is 38.1. The Hall–Kier alpha value is -2.39. The lowest BCUT2D eigenvalue weighted by molar-refractivity contribution is -0.114. The molecule has 8 nitrogen and oxygen atoms in total. The number of carbonyl (C=O) groups is 2. The van der Waals surface area contributed by atoms with Gasteiger partial charge in [-0.2, -0.15) is 0 Å². The van der Waals surface area contributed by atoms with Crippen molar-refractivity contribution in [3.05, 3.63) is 28.5 Å². The molecule has 1 atom stereocenters. The summed E-state index contributed by atoms with van der Waals surface area (Å²) in [6.45, 7) is 9.27. The monoisotopic (exact) mass is 390 g/mol. The summed E-state index contributed by atoms with van der Waals surface area (Å²) in [7, 11) is 0. The van der Waals surface area contributed by atoms with E-state index >= 15 is 0 Å². The largest absolute Gasteiger partial charge is 0.305 e. The van der Waals surface area contributed by atoms with Crippen molar-refractivity contribution >= 4 is 34.7 Å². The molecular formula is C18H26N6O2S. The summed E-state index contributed by atoms with van der Waals surface area (Å²) in [5.74, 6) is 0.188. The maximum atomic E-state index is 11.2. The highest BCUT2D eigenvalue weighted by Crippen LogP contribution is 2.24. The molecule has 0 aromatic carbocycles. The minimum absolute atomic E-state index is 0.173. The highest BCUT2D eigenvalue weighted by molar-refractivity contribution is 7.15. The van der Waals surface area contributed by atoms with E-state index in [9.17, 15) is 9.59 Å². The molecular weight excluding hydrogens is 364 g/mol. The quantitative estimate of drug-likeness (QED) is 0.761. The van der Waals surface area contributed by atoms with Gasteiger partial charge in [0.05, 0.1) is 5.69 Å². The molecule has 0 unspecified atom stereocenters. The molecule has 2 aromatic heterocycles. The van der Waals surface area contributed by atoms with Gasteiger partial charge in [0.2, 0.25) is 18.3 Å². The molecule has 2 aromatic rings. The molecule has 3 rings (SSSR count). The first-order valence-electron chi connectivity index (χ1n) is 9.06. The molecule has 0 radical (unpaired) electrons. The lowest BCUT2D eigenvalue weighted by Crippen LogP contribution is -2.33. The van der Waals surface area contributed by atoms with Crippen LogP contribution in [-0.2, 0) is 29.0 Å². The predicted molar refractivity (Wildman–Crippen MR) is 107 cm³/mol. The van der Waals surface area contributed by atoms with E-state index in [4.69, 9.17) is 0 Å². The molecule has 0 saturated carbocycles. The number of hydrogen-bond donors (Lipinski definition) is 2. The second-order valence-electron chi connectivity index (χ2n) is 6.01. The maximum absolute atomic E-state index is 11.2. The fourth-order valence-corrected chi connectivity index (χ4v) is 3.69. The number of aromatic nitrogens is 3. The lowest BCUT2D eigenvalue weighted by Gasteiger charge is -2.25. The molecule has 9 heteroatoms. The standard InChI is InChI=1S/C16H20N6O2S.C2H6/c1-10-5-12-6-17-15(20-11(2)24)21-14(12)3-4-22(10)8-13-7-18-16(25-13)19-9-23;1-2/h6-7,9-10H,3-5,8H2,1-2H3,(H,18,19,23)(H,17,20,21,24);1-2H3/t10-;/m0./s1. The maximum Gasteiger partial charge on any atom is 0.229 e. The van der Waals surface area contributed by atoms with Gasteiger partial charge in [-0.15, -0.1) is 11.3 Å². The summed E-state index contributed by atoms with van der Waals surface area (Å²) in [6.07, 6.45) is 5.91. The number of nitrogens with zero attached hydrogens (tertiary/aromatic N) is 4. The third kappa shape index (κ3) is 5.80. The first kappa shape index (κ1) is 20.9. The van der Waals surface area contributed by atoms with Crippen LogP contribution in [0.15, 0.2) is 12.4 Å². The lowest BCUT2D eigenvalue weighted by atomic mass is 10.1.